The van der Waals surface area contributed by atoms with Crippen molar-refractivity contribution in [2.75, 3.05) is 20.2 Å². The van der Waals surface area contributed by atoms with E-state index in [-0.39, 0.29) is 12.4 Å². The van der Waals surface area contributed by atoms with Gasteiger partial charge in [0, 0.05) is 37.3 Å². The summed E-state index contributed by atoms with van der Waals surface area (Å²) in [5.74, 6) is 1.02. The van der Waals surface area contributed by atoms with Crippen LogP contribution < -0.4 is 10.1 Å². The van der Waals surface area contributed by atoms with Crippen molar-refractivity contribution in [3.8, 4) is 5.75 Å². The lowest BCUT2D eigenvalue weighted by molar-refractivity contribution is 0.247. The van der Waals surface area contributed by atoms with E-state index >= 15 is 0 Å². The van der Waals surface area contributed by atoms with Gasteiger partial charge in [0.15, 0.2) is 0 Å². The second-order valence-electron chi connectivity index (χ2n) is 5.98. The zero-order chi connectivity index (χ0) is 13.2. The van der Waals surface area contributed by atoms with Gasteiger partial charge in [0.05, 0.1) is 7.11 Å². The topological polar surface area (TPSA) is 24.5 Å². The summed E-state index contributed by atoms with van der Waals surface area (Å²) < 4.78 is 5.49. The first-order valence-electron chi connectivity index (χ1n) is 7.36. The van der Waals surface area contributed by atoms with Crippen LogP contribution in [0.15, 0.2) is 18.2 Å². The highest BCUT2D eigenvalue weighted by molar-refractivity contribution is 5.85. The van der Waals surface area contributed by atoms with E-state index in [9.17, 15) is 0 Å². The van der Waals surface area contributed by atoms with E-state index in [0.717, 1.165) is 18.3 Å². The molecule has 1 aromatic carbocycles. The Kier molecular flexibility index (Phi) is 5.30. The molecule has 2 aliphatic rings. The Morgan fingerprint density at radius 3 is 2.85 bits per heavy atom. The first kappa shape index (κ1) is 15.6. The molecule has 0 radical (unpaired) electrons. The maximum Gasteiger partial charge on any atom is 0.123 e. The van der Waals surface area contributed by atoms with E-state index in [2.05, 4.69) is 35.3 Å². The van der Waals surface area contributed by atoms with Crippen LogP contribution in [-0.2, 0) is 6.54 Å². The lowest BCUT2D eigenvalue weighted by Crippen LogP contribution is -2.35. The van der Waals surface area contributed by atoms with Gasteiger partial charge < -0.3 is 10.1 Å². The molecule has 20 heavy (non-hydrogen) atoms. The molecule has 4 heteroatoms. The number of hydrogen-bond donors (Lipinski definition) is 1. The highest BCUT2D eigenvalue weighted by atomic mass is 35.5. The van der Waals surface area contributed by atoms with Crippen molar-refractivity contribution in [1.29, 1.82) is 0 Å². The fraction of sp³-hybridized carbons (Fsp3) is 0.625. The van der Waals surface area contributed by atoms with E-state index in [1.807, 2.05) is 0 Å². The number of aryl methyl sites for hydroxylation is 1. The molecule has 0 spiro atoms. The van der Waals surface area contributed by atoms with Crippen LogP contribution in [0.25, 0.3) is 0 Å². The van der Waals surface area contributed by atoms with Gasteiger partial charge in [0.1, 0.15) is 5.75 Å². The van der Waals surface area contributed by atoms with Crippen LogP contribution >= 0.6 is 12.4 Å². The molecule has 3 nitrogen and oxygen atoms in total. The number of halogens is 1. The Morgan fingerprint density at radius 2 is 2.05 bits per heavy atom. The molecular weight excluding hydrogens is 272 g/mol. The van der Waals surface area contributed by atoms with Crippen LogP contribution in [0.1, 0.15) is 30.4 Å². The predicted molar refractivity (Wildman–Crippen MR) is 84.8 cm³/mol. The summed E-state index contributed by atoms with van der Waals surface area (Å²) >= 11 is 0. The normalized spacial score (nSPS) is 25.9. The summed E-state index contributed by atoms with van der Waals surface area (Å²) in [5.41, 5.74) is 2.63. The van der Waals surface area contributed by atoms with E-state index < -0.39 is 0 Å². The molecule has 2 aliphatic heterocycles. The zero-order valence-electron chi connectivity index (χ0n) is 12.4. The van der Waals surface area contributed by atoms with Gasteiger partial charge in [-0.2, -0.15) is 0 Å². The van der Waals surface area contributed by atoms with Crippen molar-refractivity contribution in [2.24, 2.45) is 0 Å². The molecule has 2 heterocycles. The van der Waals surface area contributed by atoms with Crippen LogP contribution in [0.2, 0.25) is 0 Å². The number of fused-ring (bicyclic) bond motifs is 2. The van der Waals surface area contributed by atoms with Crippen molar-refractivity contribution < 1.29 is 4.74 Å². The van der Waals surface area contributed by atoms with Crippen LogP contribution in [0.4, 0.5) is 0 Å². The molecule has 2 atom stereocenters. The standard InChI is InChI=1S/C16H24N2O.ClH/c1-12-3-6-16(19-2)13(9-12)10-18-8-7-14-4-5-15(11-18)17-14;/h3,6,9,14-15,17H,4-5,7-8,10-11H2,1-2H3;1H. The maximum absolute atomic E-state index is 5.49. The average molecular weight is 297 g/mol. The molecule has 0 amide bonds. The zero-order valence-corrected chi connectivity index (χ0v) is 13.2. The monoisotopic (exact) mass is 296 g/mol. The molecule has 2 unspecified atom stereocenters. The molecule has 2 fully saturated rings. The Morgan fingerprint density at radius 1 is 1.25 bits per heavy atom. The van der Waals surface area contributed by atoms with E-state index in [0.29, 0.717) is 6.04 Å². The summed E-state index contributed by atoms with van der Waals surface area (Å²) in [6.45, 7) is 5.53. The Bertz CT molecular complexity index is 452. The number of nitrogens with zero attached hydrogens (tertiary/aromatic N) is 1. The summed E-state index contributed by atoms with van der Waals surface area (Å²) in [6.07, 6.45) is 3.99. The summed E-state index contributed by atoms with van der Waals surface area (Å²) in [5, 5.41) is 3.74. The maximum atomic E-state index is 5.49. The van der Waals surface area contributed by atoms with Crippen molar-refractivity contribution in [3.05, 3.63) is 29.3 Å². The Labute approximate surface area is 128 Å². The van der Waals surface area contributed by atoms with Gasteiger partial charge in [-0.15, -0.1) is 12.4 Å². The van der Waals surface area contributed by atoms with Crippen molar-refractivity contribution in [1.82, 2.24) is 10.2 Å². The SMILES string of the molecule is COc1ccc(C)cc1CN1CCC2CCC(C1)N2.Cl. The number of methoxy groups -OCH3 is 1. The van der Waals surface area contributed by atoms with E-state index in [1.54, 1.807) is 7.11 Å². The molecule has 0 aliphatic carbocycles. The van der Waals surface area contributed by atoms with E-state index in [1.165, 1.54) is 43.5 Å². The molecule has 112 valence electrons. The van der Waals surface area contributed by atoms with Gasteiger partial charge in [-0.25, -0.2) is 0 Å². The van der Waals surface area contributed by atoms with Gasteiger partial charge in [0.25, 0.3) is 0 Å². The van der Waals surface area contributed by atoms with Gasteiger partial charge in [-0.05, 0) is 32.3 Å². The Hall–Kier alpha value is -0.770. The minimum absolute atomic E-state index is 0. The third-order valence-electron chi connectivity index (χ3n) is 4.44. The van der Waals surface area contributed by atoms with Crippen LogP contribution in [0.5, 0.6) is 5.75 Å². The summed E-state index contributed by atoms with van der Waals surface area (Å²) in [6, 6.07) is 7.93. The van der Waals surface area contributed by atoms with Gasteiger partial charge in [0.2, 0.25) is 0 Å². The molecule has 0 aromatic heterocycles. The van der Waals surface area contributed by atoms with Crippen molar-refractivity contribution >= 4 is 12.4 Å². The van der Waals surface area contributed by atoms with Crippen molar-refractivity contribution in [2.45, 2.75) is 44.8 Å². The van der Waals surface area contributed by atoms with Gasteiger partial charge >= 0.3 is 0 Å². The molecule has 2 saturated heterocycles. The average Bonchev–Trinajstić information content (AvgIpc) is 2.73. The molecule has 0 saturated carbocycles. The quantitative estimate of drug-likeness (QED) is 0.928. The number of likely N-dealkylation sites (tertiary alicyclic amines) is 1. The third kappa shape index (κ3) is 3.46. The largest absolute Gasteiger partial charge is 0.496 e. The fourth-order valence-electron chi connectivity index (χ4n) is 3.43. The molecule has 2 bridgehead atoms. The van der Waals surface area contributed by atoms with E-state index in [4.69, 9.17) is 4.74 Å². The van der Waals surface area contributed by atoms with Gasteiger partial charge in [-0.1, -0.05) is 17.7 Å². The second kappa shape index (κ2) is 6.79. The van der Waals surface area contributed by atoms with Crippen LogP contribution in [0, 0.1) is 6.92 Å². The predicted octanol–water partition coefficient (Wildman–Crippen LogP) is 2.75. The molecule has 1 N–H and O–H groups in total. The fourth-order valence-corrected chi connectivity index (χ4v) is 3.43. The minimum atomic E-state index is 0. The first-order chi connectivity index (χ1) is 9.24. The first-order valence-corrected chi connectivity index (χ1v) is 7.36. The lowest BCUT2D eigenvalue weighted by Gasteiger charge is -2.25. The highest BCUT2D eigenvalue weighted by Crippen LogP contribution is 2.25. The summed E-state index contributed by atoms with van der Waals surface area (Å²) in [7, 11) is 1.76. The summed E-state index contributed by atoms with van der Waals surface area (Å²) in [4.78, 5) is 2.58. The highest BCUT2D eigenvalue weighted by Gasteiger charge is 2.29. The molecule has 1 aromatic rings. The number of benzene rings is 1. The lowest BCUT2D eigenvalue weighted by atomic mass is 10.1. The second-order valence-corrected chi connectivity index (χ2v) is 5.98. The van der Waals surface area contributed by atoms with Crippen molar-refractivity contribution in [3.63, 3.8) is 0 Å². The third-order valence-corrected chi connectivity index (χ3v) is 4.44. The smallest absolute Gasteiger partial charge is 0.123 e. The Balaban J connectivity index is 0.00000147. The van der Waals surface area contributed by atoms with Crippen LogP contribution in [0.3, 0.4) is 0 Å². The number of nitrogens with one attached hydrogen (secondary N) is 1. The minimum Gasteiger partial charge on any atom is -0.496 e. The molecular formula is C16H25ClN2O. The molecule has 3 rings (SSSR count). The number of rotatable bonds is 3. The number of hydrogen-bond acceptors (Lipinski definition) is 3. The number of ether oxygens (including phenoxy) is 1. The van der Waals surface area contributed by atoms with Crippen LogP contribution in [-0.4, -0.2) is 37.2 Å². The van der Waals surface area contributed by atoms with Gasteiger partial charge in [-0.3, -0.25) is 4.90 Å².